The molecule has 1 aromatic carbocycles. The number of thioether (sulfide) groups is 1. The number of aryl methyl sites for hydroxylation is 1. The number of carboxylic acids is 2. The van der Waals surface area contributed by atoms with E-state index in [1.165, 1.54) is 28.9 Å². The van der Waals surface area contributed by atoms with Crippen LogP contribution in [0.5, 0.6) is 5.75 Å². The second kappa shape index (κ2) is 11.5. The van der Waals surface area contributed by atoms with E-state index in [-0.39, 0.29) is 47.2 Å². The molecule has 206 valence electrons. The third-order valence-electron chi connectivity index (χ3n) is 5.64. The number of phenols is 1. The maximum atomic E-state index is 13.2. The molecule has 0 spiro atoms. The van der Waals surface area contributed by atoms with Crippen LogP contribution in [0, 0.1) is 0 Å². The number of carbonyl (C=O) groups excluding carboxylic acids is 2. The molecule has 2 amide bonds. The molecule has 1 unspecified atom stereocenters. The highest BCUT2D eigenvalue weighted by Gasteiger charge is 2.68. The Hall–Kier alpha value is -4.10. The van der Waals surface area contributed by atoms with Crippen LogP contribution in [0.4, 0.5) is 0 Å². The molecule has 3 atom stereocenters. The fraction of sp³-hybridized carbons (Fsp3) is 0.350. The van der Waals surface area contributed by atoms with Crippen molar-refractivity contribution in [2.75, 3.05) is 19.5 Å². The molecule has 3 heterocycles. The van der Waals surface area contributed by atoms with Gasteiger partial charge in [0.2, 0.25) is 11.1 Å². The molecule has 4 rings (SSSR count). The molecule has 2 aliphatic heterocycles. The van der Waals surface area contributed by atoms with Crippen LogP contribution in [0.2, 0.25) is 0 Å². The van der Waals surface area contributed by atoms with Crippen molar-refractivity contribution in [3.8, 4) is 5.75 Å². The minimum atomic E-state index is -2.14. The first-order chi connectivity index (χ1) is 17.1. The van der Waals surface area contributed by atoms with Crippen LogP contribution in [0.3, 0.4) is 0 Å². The van der Waals surface area contributed by atoms with E-state index in [1.54, 1.807) is 7.05 Å². The molecule has 12 N–H and O–H groups in total. The Morgan fingerprint density at radius 2 is 1.92 bits per heavy atom. The van der Waals surface area contributed by atoms with Gasteiger partial charge in [-0.3, -0.25) is 19.3 Å². The number of aromatic hydroxyl groups is 1. The number of tetrazole rings is 1. The van der Waals surface area contributed by atoms with Gasteiger partial charge in [0.15, 0.2) is 12.1 Å². The van der Waals surface area contributed by atoms with Gasteiger partial charge in [-0.25, -0.2) is 9.48 Å². The monoisotopic (exact) mass is 556 g/mol. The molecule has 2 aromatic rings. The van der Waals surface area contributed by atoms with E-state index >= 15 is 0 Å². The first kappa shape index (κ1) is 30.1. The number of aliphatic carboxylic acids is 2. The highest BCUT2D eigenvalue weighted by molar-refractivity contribution is 7.99. The Kier molecular flexibility index (Phi) is 9.14. The van der Waals surface area contributed by atoms with Gasteiger partial charge in [0.25, 0.3) is 11.6 Å². The molecule has 17 nitrogen and oxygen atoms in total. The average molecular weight is 557 g/mol. The zero-order valence-electron chi connectivity index (χ0n) is 20.8. The van der Waals surface area contributed by atoms with E-state index in [0.29, 0.717) is 5.16 Å². The summed E-state index contributed by atoms with van der Waals surface area (Å²) >= 11 is 1.14. The van der Waals surface area contributed by atoms with Crippen LogP contribution in [0.15, 0.2) is 40.7 Å². The van der Waals surface area contributed by atoms with E-state index in [4.69, 9.17) is 9.47 Å². The van der Waals surface area contributed by atoms with E-state index < -0.39 is 41.6 Å². The zero-order valence-corrected chi connectivity index (χ0v) is 21.6. The minimum absolute atomic E-state index is 0. The number of carbonyl (C=O) groups is 4. The standard InChI is InChI=1S/C20H20N6O9S.2H3N/c1-25-19(22-23-24-25)36-8-10-7-35-18-20(34-2,17(33)26(18)13(10)16(31)32)21-14(28)12(15(29)30)9-3-5-11(27)6-4-9;;/h3-6,12,18,27H,7-8H2,1-2H3,(H,21,28)(H,29,30)(H,31,32);2*1H3/p+2/t12?,18-,20+;;/m1../s1. The van der Waals surface area contributed by atoms with Crippen molar-refractivity contribution in [1.29, 1.82) is 0 Å². The molecular weight excluding hydrogens is 528 g/mol. The van der Waals surface area contributed by atoms with Crippen LogP contribution >= 0.6 is 11.8 Å². The van der Waals surface area contributed by atoms with Crippen LogP contribution in [0.25, 0.3) is 0 Å². The van der Waals surface area contributed by atoms with Crippen LogP contribution < -0.4 is 17.6 Å². The number of hydrogen-bond donors (Lipinski definition) is 6. The molecule has 1 fully saturated rings. The van der Waals surface area contributed by atoms with Crippen LogP contribution in [-0.4, -0.2) is 95.6 Å². The first-order valence-corrected chi connectivity index (χ1v) is 11.2. The number of fused-ring (bicyclic) bond motifs is 1. The molecule has 0 bridgehead atoms. The van der Waals surface area contributed by atoms with E-state index in [0.717, 1.165) is 23.8 Å². The summed E-state index contributed by atoms with van der Waals surface area (Å²) in [5, 5.41) is 42.6. The molecule has 1 aromatic heterocycles. The second-order valence-corrected chi connectivity index (χ2v) is 8.70. The van der Waals surface area contributed by atoms with Gasteiger partial charge in [0.1, 0.15) is 11.4 Å². The summed E-state index contributed by atoms with van der Waals surface area (Å²) in [6, 6.07) is 4.93. The predicted molar refractivity (Wildman–Crippen MR) is 129 cm³/mol. The number of rotatable bonds is 9. The second-order valence-electron chi connectivity index (χ2n) is 7.76. The van der Waals surface area contributed by atoms with Gasteiger partial charge < -0.3 is 42.4 Å². The number of carboxylic acid groups (broad SMARTS) is 2. The summed E-state index contributed by atoms with van der Waals surface area (Å²) in [5.41, 5.74) is -2.17. The molecular formula is C20H28N8O9S+2. The highest BCUT2D eigenvalue weighted by Crippen LogP contribution is 2.41. The maximum absolute atomic E-state index is 13.2. The number of amides is 2. The lowest BCUT2D eigenvalue weighted by molar-refractivity contribution is -0.258. The van der Waals surface area contributed by atoms with Gasteiger partial charge in [-0.1, -0.05) is 23.9 Å². The quantitative estimate of drug-likeness (QED) is 0.0995. The molecule has 18 heteroatoms. The number of benzene rings is 1. The van der Waals surface area contributed by atoms with E-state index in [2.05, 4.69) is 20.8 Å². The third kappa shape index (κ3) is 5.02. The van der Waals surface area contributed by atoms with Gasteiger partial charge in [0.05, 0.1) is 6.61 Å². The predicted octanol–water partition coefficient (Wildman–Crippen LogP) is -0.375. The molecule has 1 saturated heterocycles. The van der Waals surface area contributed by atoms with Gasteiger partial charge in [-0.15, -0.1) is 5.10 Å². The molecule has 0 radical (unpaired) electrons. The van der Waals surface area contributed by atoms with Crippen molar-refractivity contribution in [3.05, 3.63) is 41.1 Å². The molecule has 0 aliphatic carbocycles. The number of nitrogens with zero attached hydrogens (tertiary/aromatic N) is 5. The van der Waals surface area contributed by atoms with Crippen molar-refractivity contribution in [2.45, 2.75) is 23.0 Å². The lowest BCUT2D eigenvalue weighted by Gasteiger charge is -2.55. The van der Waals surface area contributed by atoms with Crippen LogP contribution in [-0.2, 0) is 35.7 Å². The lowest BCUT2D eigenvalue weighted by atomic mass is 9.92. The number of aromatic nitrogens is 4. The maximum Gasteiger partial charge on any atom is 0.352 e. The van der Waals surface area contributed by atoms with Crippen LogP contribution in [0.1, 0.15) is 11.5 Å². The summed E-state index contributed by atoms with van der Waals surface area (Å²) in [7, 11) is 2.71. The van der Waals surface area contributed by atoms with Crippen molar-refractivity contribution >= 4 is 35.5 Å². The summed E-state index contributed by atoms with van der Waals surface area (Å²) in [6.45, 7) is -0.213. The number of methoxy groups -OCH3 is 1. The van der Waals surface area contributed by atoms with Crippen molar-refractivity contribution in [1.82, 2.24) is 42.7 Å². The average Bonchev–Trinajstić information content (AvgIpc) is 3.25. The topological polar surface area (TPSA) is 279 Å². The number of quaternary nitrogens is 2. The number of β-lactam (4-membered cyclic amide) rings is 1. The van der Waals surface area contributed by atoms with E-state index in [1.807, 2.05) is 0 Å². The van der Waals surface area contributed by atoms with Crippen molar-refractivity contribution < 1.29 is 44.0 Å². The first-order valence-electron chi connectivity index (χ1n) is 10.2. The summed E-state index contributed by atoms with van der Waals surface area (Å²) in [5.74, 6) is -6.73. The van der Waals surface area contributed by atoms with Crippen molar-refractivity contribution in [2.24, 2.45) is 7.05 Å². The Morgan fingerprint density at radius 1 is 1.26 bits per heavy atom. The molecule has 2 aliphatic rings. The lowest BCUT2D eigenvalue weighted by Crippen LogP contribution is -2.82. The largest absolute Gasteiger partial charge is 0.508 e. The summed E-state index contributed by atoms with van der Waals surface area (Å²) < 4.78 is 12.4. The summed E-state index contributed by atoms with van der Waals surface area (Å²) in [4.78, 5) is 51.0. The van der Waals surface area contributed by atoms with E-state index in [9.17, 15) is 34.5 Å². The summed E-state index contributed by atoms with van der Waals surface area (Å²) in [6.07, 6.45) is -1.36. The number of ether oxygens (including phenoxy) is 2. The molecule has 38 heavy (non-hydrogen) atoms. The smallest absolute Gasteiger partial charge is 0.352 e. The number of hydrogen-bond acceptors (Lipinski definition) is 11. The van der Waals surface area contributed by atoms with Gasteiger partial charge in [-0.2, -0.15) is 0 Å². The van der Waals surface area contributed by atoms with Gasteiger partial charge in [0, 0.05) is 19.9 Å². The normalized spacial score (nSPS) is 20.8. The fourth-order valence-electron chi connectivity index (χ4n) is 3.88. The van der Waals surface area contributed by atoms with Gasteiger partial charge >= 0.3 is 11.9 Å². The Bertz CT molecular complexity index is 1270. The minimum Gasteiger partial charge on any atom is -0.508 e. The Balaban J connectivity index is 0.00000253. The Labute approximate surface area is 218 Å². The molecule has 0 saturated carbocycles. The zero-order chi connectivity index (χ0) is 26.2. The number of phenolic OH excluding ortho intramolecular Hbond substituents is 1. The SMILES string of the molecule is CO[C@@]1(NC(=O)C(C(=O)O)c2ccc(O)cc2)C(=O)N2C(C(=O)O)=C(CSc3nnnn3C)CO[C@@H]21.[NH4+].[NH4+]. The number of nitrogens with one attached hydrogen (secondary N) is 1. The third-order valence-corrected chi connectivity index (χ3v) is 6.73. The Morgan fingerprint density at radius 3 is 2.45 bits per heavy atom. The highest BCUT2D eigenvalue weighted by atomic mass is 32.2. The van der Waals surface area contributed by atoms with Crippen molar-refractivity contribution in [3.63, 3.8) is 0 Å². The van der Waals surface area contributed by atoms with Gasteiger partial charge in [-0.05, 0) is 33.7 Å². The fourth-order valence-corrected chi connectivity index (χ4v) is 4.72.